The van der Waals surface area contributed by atoms with Crippen LogP contribution >= 0.6 is 0 Å². The molecular weight excluding hydrogens is 331 g/mol. The molecule has 0 aromatic heterocycles. The Balaban J connectivity index is 1.32. The van der Waals surface area contributed by atoms with Crippen LogP contribution in [0.5, 0.6) is 0 Å². The lowest BCUT2D eigenvalue weighted by atomic mass is 9.74. The monoisotopic (exact) mass is 370 g/mol. The van der Waals surface area contributed by atoms with Crippen molar-refractivity contribution in [2.45, 2.75) is 96.3 Å². The highest BCUT2D eigenvalue weighted by atomic mass is 19.1. The third-order valence-electron chi connectivity index (χ3n) is 7.49. The number of benzene rings is 1. The van der Waals surface area contributed by atoms with E-state index in [0.29, 0.717) is 6.33 Å². The molecule has 0 saturated heterocycles. The van der Waals surface area contributed by atoms with E-state index in [-0.39, 0.29) is 0 Å². The van der Waals surface area contributed by atoms with Gasteiger partial charge in [-0.1, -0.05) is 75.8 Å². The Labute approximate surface area is 166 Å². The Morgan fingerprint density at radius 3 is 1.81 bits per heavy atom. The zero-order valence-corrected chi connectivity index (χ0v) is 17.3. The summed E-state index contributed by atoms with van der Waals surface area (Å²) in [5.41, 5.74) is 3.03. The van der Waals surface area contributed by atoms with Gasteiger partial charge in [-0.05, 0) is 79.7 Å². The van der Waals surface area contributed by atoms with Crippen molar-refractivity contribution in [3.05, 3.63) is 47.8 Å². The SMILES string of the molecule is CCc1ccc([C@H]2CC[C@H](CC[C@H]3CC[C@H](CC/C=C/F)CC3)CC2)cc1. The van der Waals surface area contributed by atoms with E-state index in [1.54, 1.807) is 11.6 Å². The Morgan fingerprint density at radius 2 is 1.30 bits per heavy atom. The average molecular weight is 371 g/mol. The molecule has 0 spiro atoms. The van der Waals surface area contributed by atoms with Crippen LogP contribution < -0.4 is 0 Å². The van der Waals surface area contributed by atoms with Crippen molar-refractivity contribution in [1.29, 1.82) is 0 Å². The topological polar surface area (TPSA) is 0 Å². The van der Waals surface area contributed by atoms with Gasteiger partial charge in [0, 0.05) is 0 Å². The van der Waals surface area contributed by atoms with E-state index < -0.39 is 0 Å². The smallest absolute Gasteiger partial charge is 0.0827 e. The second-order valence-corrected chi connectivity index (χ2v) is 9.22. The Kier molecular flexibility index (Phi) is 8.42. The molecule has 150 valence electrons. The maximum absolute atomic E-state index is 12.1. The van der Waals surface area contributed by atoms with E-state index in [1.165, 1.54) is 76.2 Å². The summed E-state index contributed by atoms with van der Waals surface area (Å²) in [4.78, 5) is 0. The Hall–Kier alpha value is -1.11. The molecule has 1 heteroatoms. The molecule has 0 aliphatic heterocycles. The van der Waals surface area contributed by atoms with Crippen molar-refractivity contribution >= 4 is 0 Å². The van der Waals surface area contributed by atoms with Crippen LogP contribution in [0.25, 0.3) is 0 Å². The van der Waals surface area contributed by atoms with Gasteiger partial charge < -0.3 is 0 Å². The van der Waals surface area contributed by atoms with Crippen molar-refractivity contribution in [2.24, 2.45) is 17.8 Å². The van der Waals surface area contributed by atoms with Crippen LogP contribution in [0.3, 0.4) is 0 Å². The molecular formula is C26H39F. The first-order valence-corrected chi connectivity index (χ1v) is 11.6. The molecule has 2 saturated carbocycles. The standard InChI is InChI=1S/C26H39F/c1-2-21-12-16-25(17-13-21)26-18-14-24(15-19-26)11-10-23-8-6-22(7-9-23)5-3-4-20-27/h4,12-13,16-17,20,22-24,26H,2-3,5-11,14-15,18-19H2,1H3/b20-4+/t22-,23-,24-,26-. The number of aryl methyl sites for hydroxylation is 1. The average Bonchev–Trinajstić information content (AvgIpc) is 2.74. The fraction of sp³-hybridized carbons (Fsp3) is 0.692. The molecule has 0 bridgehead atoms. The Morgan fingerprint density at radius 1 is 0.778 bits per heavy atom. The molecule has 2 aliphatic carbocycles. The molecule has 1 aromatic rings. The summed E-state index contributed by atoms with van der Waals surface area (Å²) in [6.07, 6.45) is 19.8. The molecule has 0 amide bonds. The van der Waals surface area contributed by atoms with Crippen LogP contribution in [0.2, 0.25) is 0 Å². The molecule has 0 unspecified atom stereocenters. The first-order valence-electron chi connectivity index (χ1n) is 11.6. The largest absolute Gasteiger partial charge is 0.216 e. The normalized spacial score (nSPS) is 29.3. The van der Waals surface area contributed by atoms with E-state index in [2.05, 4.69) is 31.2 Å². The van der Waals surface area contributed by atoms with Crippen molar-refractivity contribution in [1.82, 2.24) is 0 Å². The predicted molar refractivity (Wildman–Crippen MR) is 115 cm³/mol. The van der Waals surface area contributed by atoms with Gasteiger partial charge in [-0.15, -0.1) is 0 Å². The van der Waals surface area contributed by atoms with Crippen LogP contribution in [0, 0.1) is 17.8 Å². The number of rotatable bonds is 8. The summed E-state index contributed by atoms with van der Waals surface area (Å²) in [7, 11) is 0. The second kappa shape index (κ2) is 11.0. The second-order valence-electron chi connectivity index (χ2n) is 9.22. The van der Waals surface area contributed by atoms with Gasteiger partial charge in [-0.3, -0.25) is 0 Å². The van der Waals surface area contributed by atoms with Crippen LogP contribution in [0.1, 0.15) is 101 Å². The molecule has 0 heterocycles. The van der Waals surface area contributed by atoms with Crippen molar-refractivity contribution in [3.63, 3.8) is 0 Å². The number of allylic oxidation sites excluding steroid dienone is 1. The van der Waals surface area contributed by atoms with E-state index in [1.807, 2.05) is 0 Å². The fourth-order valence-corrected chi connectivity index (χ4v) is 5.49. The van der Waals surface area contributed by atoms with Crippen molar-refractivity contribution < 1.29 is 4.39 Å². The molecule has 3 rings (SSSR count). The maximum Gasteiger partial charge on any atom is 0.0827 e. The number of halogens is 1. The lowest BCUT2D eigenvalue weighted by Gasteiger charge is -2.32. The molecule has 27 heavy (non-hydrogen) atoms. The van der Waals surface area contributed by atoms with Gasteiger partial charge in [-0.25, -0.2) is 4.39 Å². The van der Waals surface area contributed by atoms with Gasteiger partial charge in [0.05, 0.1) is 6.33 Å². The molecule has 2 aliphatic rings. The van der Waals surface area contributed by atoms with Gasteiger partial charge in [-0.2, -0.15) is 0 Å². The number of hydrogen-bond acceptors (Lipinski definition) is 0. The summed E-state index contributed by atoms with van der Waals surface area (Å²) >= 11 is 0. The first kappa shape index (κ1) is 20.6. The Bertz CT molecular complexity index is 542. The highest BCUT2D eigenvalue weighted by Gasteiger charge is 2.25. The third-order valence-corrected chi connectivity index (χ3v) is 7.49. The lowest BCUT2D eigenvalue weighted by molar-refractivity contribution is 0.225. The summed E-state index contributed by atoms with van der Waals surface area (Å²) in [6.45, 7) is 2.23. The summed E-state index contributed by atoms with van der Waals surface area (Å²) in [6, 6.07) is 9.41. The van der Waals surface area contributed by atoms with Gasteiger partial charge in [0.25, 0.3) is 0 Å². The van der Waals surface area contributed by atoms with Crippen LogP contribution in [0.15, 0.2) is 36.7 Å². The van der Waals surface area contributed by atoms with Gasteiger partial charge in [0.15, 0.2) is 0 Å². The zero-order chi connectivity index (χ0) is 18.9. The summed E-state index contributed by atoms with van der Waals surface area (Å²) < 4.78 is 12.1. The number of hydrogen-bond donors (Lipinski definition) is 0. The van der Waals surface area contributed by atoms with Crippen LogP contribution in [-0.4, -0.2) is 0 Å². The van der Waals surface area contributed by atoms with Crippen molar-refractivity contribution in [2.75, 3.05) is 0 Å². The quantitative estimate of drug-likeness (QED) is 0.431. The zero-order valence-electron chi connectivity index (χ0n) is 17.3. The van der Waals surface area contributed by atoms with Crippen molar-refractivity contribution in [3.8, 4) is 0 Å². The minimum Gasteiger partial charge on any atom is -0.216 e. The summed E-state index contributed by atoms with van der Waals surface area (Å²) in [5, 5.41) is 0. The van der Waals surface area contributed by atoms with Gasteiger partial charge >= 0.3 is 0 Å². The third kappa shape index (κ3) is 6.47. The maximum atomic E-state index is 12.1. The van der Waals surface area contributed by atoms with Crippen LogP contribution in [-0.2, 0) is 6.42 Å². The van der Waals surface area contributed by atoms with Gasteiger partial charge in [0.1, 0.15) is 0 Å². The molecule has 1 aromatic carbocycles. The molecule has 0 N–H and O–H groups in total. The fourth-order valence-electron chi connectivity index (χ4n) is 5.49. The lowest BCUT2D eigenvalue weighted by Crippen LogP contribution is -2.17. The van der Waals surface area contributed by atoms with E-state index in [4.69, 9.17) is 0 Å². The molecule has 2 fully saturated rings. The first-order chi connectivity index (χ1) is 13.3. The highest BCUT2D eigenvalue weighted by molar-refractivity contribution is 5.25. The minimum absolute atomic E-state index is 0.709. The minimum atomic E-state index is 0.709. The van der Waals surface area contributed by atoms with Crippen LogP contribution in [0.4, 0.5) is 4.39 Å². The van der Waals surface area contributed by atoms with E-state index in [0.717, 1.165) is 36.5 Å². The molecule has 0 nitrogen and oxygen atoms in total. The predicted octanol–water partition coefficient (Wildman–Crippen LogP) is 8.37. The highest BCUT2D eigenvalue weighted by Crippen LogP contribution is 2.40. The summed E-state index contributed by atoms with van der Waals surface area (Å²) in [5.74, 6) is 3.61. The molecule has 0 atom stereocenters. The van der Waals surface area contributed by atoms with E-state index in [9.17, 15) is 4.39 Å². The van der Waals surface area contributed by atoms with Gasteiger partial charge in [0.2, 0.25) is 0 Å². The van der Waals surface area contributed by atoms with E-state index >= 15 is 0 Å². The molecule has 0 radical (unpaired) electrons.